The highest BCUT2D eigenvalue weighted by Gasteiger charge is 2.26. The van der Waals surface area contributed by atoms with Gasteiger partial charge in [0.05, 0.1) is 19.3 Å². The summed E-state index contributed by atoms with van der Waals surface area (Å²) in [6.45, 7) is 7.58. The zero-order valence-corrected chi connectivity index (χ0v) is 14.8. The van der Waals surface area contributed by atoms with Crippen molar-refractivity contribution in [3.8, 4) is 0 Å². The lowest BCUT2D eigenvalue weighted by Gasteiger charge is -2.33. The fourth-order valence-corrected chi connectivity index (χ4v) is 2.82. The van der Waals surface area contributed by atoms with Crippen LogP contribution >= 0.6 is 24.8 Å². The number of amides is 1. The van der Waals surface area contributed by atoms with Crippen LogP contribution in [0.1, 0.15) is 19.8 Å². The molecule has 2 aliphatic rings. The summed E-state index contributed by atoms with van der Waals surface area (Å²) in [5, 5.41) is 2.96. The Labute approximate surface area is 145 Å². The first-order valence-electron chi connectivity index (χ1n) is 7.61. The van der Waals surface area contributed by atoms with Crippen molar-refractivity contribution in [3.05, 3.63) is 0 Å². The van der Waals surface area contributed by atoms with Crippen molar-refractivity contribution < 1.29 is 14.3 Å². The van der Waals surface area contributed by atoms with Crippen LogP contribution in [0.15, 0.2) is 0 Å². The number of ether oxygens (including phenoxy) is 2. The van der Waals surface area contributed by atoms with Crippen LogP contribution < -0.4 is 11.1 Å². The fourth-order valence-electron chi connectivity index (χ4n) is 2.82. The number of nitrogens with two attached hydrogens (primary N) is 1. The van der Waals surface area contributed by atoms with Crippen LogP contribution in [0.3, 0.4) is 0 Å². The molecule has 2 unspecified atom stereocenters. The molecule has 0 saturated carbocycles. The van der Waals surface area contributed by atoms with Gasteiger partial charge in [0.15, 0.2) is 0 Å². The van der Waals surface area contributed by atoms with Crippen LogP contribution in [-0.2, 0) is 14.3 Å². The number of hydrogen-bond acceptors (Lipinski definition) is 5. The predicted octanol–water partition coefficient (Wildman–Crippen LogP) is 0.421. The average molecular weight is 358 g/mol. The molecule has 3 N–H and O–H groups in total. The van der Waals surface area contributed by atoms with Gasteiger partial charge in [0.1, 0.15) is 0 Å². The summed E-state index contributed by atoms with van der Waals surface area (Å²) in [7, 11) is 0. The van der Waals surface area contributed by atoms with E-state index in [4.69, 9.17) is 15.2 Å². The summed E-state index contributed by atoms with van der Waals surface area (Å²) in [6.07, 6.45) is 1.77. The van der Waals surface area contributed by atoms with Gasteiger partial charge in [-0.25, -0.2) is 0 Å². The van der Waals surface area contributed by atoms with E-state index >= 15 is 0 Å². The maximum absolute atomic E-state index is 12.0. The van der Waals surface area contributed by atoms with Gasteiger partial charge in [-0.05, 0) is 25.7 Å². The Balaban J connectivity index is 0.00000220. The van der Waals surface area contributed by atoms with E-state index in [1.54, 1.807) is 0 Å². The Hall–Kier alpha value is -0.110. The lowest BCUT2D eigenvalue weighted by molar-refractivity contribution is -0.124. The predicted molar refractivity (Wildman–Crippen MR) is 90.9 cm³/mol. The summed E-state index contributed by atoms with van der Waals surface area (Å²) < 4.78 is 10.7. The highest BCUT2D eigenvalue weighted by atomic mass is 35.5. The van der Waals surface area contributed by atoms with Gasteiger partial charge >= 0.3 is 0 Å². The summed E-state index contributed by atoms with van der Waals surface area (Å²) in [5.74, 6) is 0.226. The molecule has 0 spiro atoms. The van der Waals surface area contributed by atoms with Crippen molar-refractivity contribution in [2.45, 2.75) is 31.8 Å². The third kappa shape index (κ3) is 6.56. The van der Waals surface area contributed by atoms with Gasteiger partial charge in [0.25, 0.3) is 0 Å². The lowest BCUT2D eigenvalue weighted by atomic mass is 9.92. The Morgan fingerprint density at radius 3 is 2.59 bits per heavy atom. The Morgan fingerprint density at radius 2 is 1.95 bits per heavy atom. The summed E-state index contributed by atoms with van der Waals surface area (Å²) in [6, 6.07) is 0.0193. The van der Waals surface area contributed by atoms with Gasteiger partial charge in [-0.1, -0.05) is 0 Å². The number of morpholine rings is 1. The smallest absolute Gasteiger partial charge is 0.237 e. The Kier molecular flexibility index (Phi) is 11.4. The normalized spacial score (nSPS) is 24.7. The third-order valence-electron chi connectivity index (χ3n) is 4.28. The van der Waals surface area contributed by atoms with Crippen molar-refractivity contribution in [2.24, 2.45) is 11.7 Å². The van der Waals surface area contributed by atoms with E-state index in [2.05, 4.69) is 17.1 Å². The Morgan fingerprint density at radius 1 is 1.27 bits per heavy atom. The zero-order chi connectivity index (χ0) is 14.4. The van der Waals surface area contributed by atoms with E-state index < -0.39 is 6.04 Å². The van der Waals surface area contributed by atoms with Crippen LogP contribution in [0.2, 0.25) is 0 Å². The molecule has 0 aromatic carbocycles. The molecule has 1 amide bonds. The molecule has 2 fully saturated rings. The second-order valence-corrected chi connectivity index (χ2v) is 5.73. The van der Waals surface area contributed by atoms with E-state index in [1.807, 2.05) is 0 Å². The first-order valence-corrected chi connectivity index (χ1v) is 7.61. The molecule has 0 radical (unpaired) electrons. The minimum absolute atomic E-state index is 0. The topological polar surface area (TPSA) is 76.8 Å². The van der Waals surface area contributed by atoms with Gasteiger partial charge in [0, 0.05) is 38.9 Å². The highest BCUT2D eigenvalue weighted by molar-refractivity contribution is 5.85. The second-order valence-electron chi connectivity index (χ2n) is 5.73. The molecule has 0 aliphatic carbocycles. The first-order chi connectivity index (χ1) is 9.68. The van der Waals surface area contributed by atoms with Crippen molar-refractivity contribution in [3.63, 3.8) is 0 Å². The van der Waals surface area contributed by atoms with Gasteiger partial charge in [0.2, 0.25) is 5.91 Å². The molecular formula is C14H29Cl2N3O3. The van der Waals surface area contributed by atoms with Gasteiger partial charge in [-0.3, -0.25) is 9.69 Å². The minimum atomic E-state index is -0.402. The van der Waals surface area contributed by atoms with Crippen LogP contribution in [0.5, 0.6) is 0 Å². The fraction of sp³-hybridized carbons (Fsp3) is 0.929. The summed E-state index contributed by atoms with van der Waals surface area (Å²) in [4.78, 5) is 14.4. The monoisotopic (exact) mass is 357 g/mol. The number of hydrogen-bond donors (Lipinski definition) is 2. The minimum Gasteiger partial charge on any atom is -0.381 e. The van der Waals surface area contributed by atoms with E-state index in [0.717, 1.165) is 52.4 Å². The van der Waals surface area contributed by atoms with E-state index in [0.29, 0.717) is 12.6 Å². The number of carbonyl (C=O) groups is 1. The average Bonchev–Trinajstić information content (AvgIpc) is 2.49. The molecule has 0 aromatic heterocycles. The van der Waals surface area contributed by atoms with E-state index in [-0.39, 0.29) is 36.6 Å². The van der Waals surface area contributed by atoms with Crippen LogP contribution in [-0.4, -0.2) is 69.0 Å². The molecule has 2 heterocycles. The largest absolute Gasteiger partial charge is 0.381 e. The number of rotatable bonds is 5. The summed E-state index contributed by atoms with van der Waals surface area (Å²) >= 11 is 0. The number of halogens is 2. The van der Waals surface area contributed by atoms with Crippen molar-refractivity contribution in [2.75, 3.05) is 46.1 Å². The molecule has 132 valence electrons. The van der Waals surface area contributed by atoms with Gasteiger partial charge < -0.3 is 20.5 Å². The number of nitrogens with zero attached hydrogens (tertiary/aromatic N) is 1. The molecule has 2 saturated heterocycles. The molecule has 6 nitrogen and oxygen atoms in total. The van der Waals surface area contributed by atoms with Crippen molar-refractivity contribution in [1.29, 1.82) is 0 Å². The van der Waals surface area contributed by atoms with E-state index in [1.165, 1.54) is 0 Å². The van der Waals surface area contributed by atoms with Crippen molar-refractivity contribution in [1.82, 2.24) is 10.2 Å². The van der Waals surface area contributed by atoms with E-state index in [9.17, 15) is 4.79 Å². The third-order valence-corrected chi connectivity index (χ3v) is 4.28. The number of nitrogens with one attached hydrogen (secondary N) is 1. The quantitative estimate of drug-likeness (QED) is 0.745. The summed E-state index contributed by atoms with van der Waals surface area (Å²) in [5.41, 5.74) is 6.04. The first kappa shape index (κ1) is 21.9. The van der Waals surface area contributed by atoms with Gasteiger partial charge in [-0.15, -0.1) is 24.8 Å². The molecule has 2 rings (SSSR count). The standard InChI is InChI=1S/C14H27N3O3.2ClH/c1-11-10-20-9-6-17(11)5-4-16-14(18)13(15)12-2-7-19-8-3-12;;/h11-13H,2-10,15H2,1H3,(H,16,18);2*1H. The molecule has 0 bridgehead atoms. The van der Waals surface area contributed by atoms with Crippen LogP contribution in [0.4, 0.5) is 0 Å². The maximum atomic E-state index is 12.0. The number of carbonyl (C=O) groups excluding carboxylic acids is 1. The SMILES string of the molecule is CC1COCCN1CCNC(=O)C(N)C1CCOCC1.Cl.Cl. The van der Waals surface area contributed by atoms with Gasteiger partial charge in [-0.2, -0.15) is 0 Å². The van der Waals surface area contributed by atoms with Crippen molar-refractivity contribution >= 4 is 30.7 Å². The molecule has 2 atom stereocenters. The van der Waals surface area contributed by atoms with Crippen LogP contribution in [0.25, 0.3) is 0 Å². The zero-order valence-electron chi connectivity index (χ0n) is 13.2. The Bertz CT molecular complexity index is 318. The highest BCUT2D eigenvalue weighted by Crippen LogP contribution is 2.17. The lowest BCUT2D eigenvalue weighted by Crippen LogP contribution is -2.50. The molecule has 8 heteroatoms. The van der Waals surface area contributed by atoms with Crippen LogP contribution in [0, 0.1) is 5.92 Å². The molecule has 22 heavy (non-hydrogen) atoms. The molecule has 2 aliphatic heterocycles. The molecular weight excluding hydrogens is 329 g/mol. The second kappa shape index (κ2) is 11.4. The maximum Gasteiger partial charge on any atom is 0.237 e. The molecule has 0 aromatic rings.